The molecule has 0 spiro atoms. The van der Waals surface area contributed by atoms with E-state index in [1.807, 2.05) is 0 Å². The van der Waals surface area contributed by atoms with E-state index in [1.54, 1.807) is 0 Å². The van der Waals surface area contributed by atoms with Gasteiger partial charge in [0.2, 0.25) is 0 Å². The molecule has 5 heavy (non-hydrogen) atoms. The van der Waals surface area contributed by atoms with Crippen molar-refractivity contribution in [1.29, 1.82) is 0 Å². The van der Waals surface area contributed by atoms with Crippen LogP contribution in [0, 0.1) is 0 Å². The Hall–Kier alpha value is -0.150. The normalized spacial score (nSPS) is 6.00. The molecule has 0 aliphatic carbocycles. The molecule has 0 heterocycles. The molecule has 0 rings (SSSR count). The minimum atomic E-state index is -1.80. The summed E-state index contributed by atoms with van der Waals surface area (Å²) in [5.74, 6) is 0. The second-order valence-corrected chi connectivity index (χ2v) is 0.550. The third-order valence-electron chi connectivity index (χ3n) is 0.122. The Morgan fingerprint density at radius 2 is 1.80 bits per heavy atom. The third kappa shape index (κ3) is 3.85. The molecule has 0 bridgehead atoms. The van der Waals surface area contributed by atoms with E-state index in [9.17, 15) is 0 Å². The minimum absolute atomic E-state index is 0.0278. The van der Waals surface area contributed by atoms with Crippen LogP contribution in [0.4, 0.5) is 0 Å². The molecule has 0 unspecified atom stereocenters. The van der Waals surface area contributed by atoms with E-state index < -0.39 is 7.01 Å². The Bertz CT molecular complexity index is 31.9. The fraction of sp³-hybridized carbons (Fsp3) is 0. The third-order valence-corrected chi connectivity index (χ3v) is 0.122. The fourth-order valence-corrected chi connectivity index (χ4v) is 0. The van der Waals surface area contributed by atoms with Crippen molar-refractivity contribution in [3.8, 4) is 0 Å². The summed E-state index contributed by atoms with van der Waals surface area (Å²) < 4.78 is 9.00. The van der Waals surface area contributed by atoms with Crippen molar-refractivity contribution in [1.82, 2.24) is 0 Å². The van der Waals surface area contributed by atoms with Crippen LogP contribution in [0.1, 0.15) is 0 Å². The molecule has 0 radical (unpaired) electrons. The van der Waals surface area contributed by atoms with Gasteiger partial charge in [0.05, 0.1) is 0 Å². The van der Waals surface area contributed by atoms with Gasteiger partial charge in [0.1, 0.15) is 0 Å². The second kappa shape index (κ2) is 2.11. The monoisotopic (exact) mass is 72.0 g/mol. The van der Waals surface area contributed by atoms with Crippen LogP contribution in [0.25, 0.3) is 0 Å². The zero-order chi connectivity index (χ0) is 4.28. The first-order valence-corrected chi connectivity index (χ1v) is 1.09. The summed E-state index contributed by atoms with van der Waals surface area (Å²) in [5.41, 5.74) is 0. The Morgan fingerprint density at radius 1 is 1.60 bits per heavy atom. The van der Waals surface area contributed by atoms with Crippen LogP contribution in [-0.2, 0) is 4.70 Å². The number of hydrogen-bond donors (Lipinski definition) is 2. The summed E-state index contributed by atoms with van der Waals surface area (Å²) in [6.07, 6.45) is 0. The Balaban J connectivity index is 2.83. The van der Waals surface area contributed by atoms with Crippen LogP contribution in [0.15, 0.2) is 0 Å². The van der Waals surface area contributed by atoms with Gasteiger partial charge in [-0.25, -0.2) is 0 Å². The van der Waals surface area contributed by atoms with Gasteiger partial charge in [-0.1, -0.05) is 0 Å². The van der Waals surface area contributed by atoms with Crippen molar-refractivity contribution in [3.05, 3.63) is 0 Å². The van der Waals surface area contributed by atoms with Gasteiger partial charge in [-0.3, -0.25) is 0 Å². The molecule has 2 N–H and O–H groups in total. The topological polar surface area (TPSA) is 57.5 Å². The van der Waals surface area contributed by atoms with Crippen molar-refractivity contribution in [3.63, 3.8) is 0 Å². The van der Waals surface area contributed by atoms with Gasteiger partial charge in [0.25, 0.3) is 0 Å². The van der Waals surface area contributed by atoms with E-state index in [0.29, 0.717) is 0 Å². The van der Waals surface area contributed by atoms with E-state index >= 15 is 0 Å². The standard InChI is InChI=1S/B2H2O3/c3-1-2(4)5/h4-5H. The van der Waals surface area contributed by atoms with Crippen molar-refractivity contribution >= 4 is 14.0 Å². The zero-order valence-electron chi connectivity index (χ0n) is 2.46. The molecule has 0 fully saturated rings. The van der Waals surface area contributed by atoms with E-state index in [0.717, 1.165) is 0 Å². The molecule has 0 amide bonds. The molecule has 0 aliphatic rings. The molecule has 0 aromatic rings. The predicted molar refractivity (Wildman–Crippen MR) is 16.6 cm³/mol. The molecule has 0 saturated carbocycles. The summed E-state index contributed by atoms with van der Waals surface area (Å²) in [5, 5.41) is 15.1. The van der Waals surface area contributed by atoms with Crippen LogP contribution < -0.4 is 0 Å². The number of rotatable bonds is 1. The predicted octanol–water partition coefficient (Wildman–Crippen LogP) is -1.99. The summed E-state index contributed by atoms with van der Waals surface area (Å²) >= 11 is 0. The van der Waals surface area contributed by atoms with Crippen LogP contribution in [0.5, 0.6) is 0 Å². The van der Waals surface area contributed by atoms with Crippen LogP contribution in [0.2, 0.25) is 0 Å². The van der Waals surface area contributed by atoms with Crippen molar-refractivity contribution in [2.45, 2.75) is 0 Å². The van der Waals surface area contributed by atoms with Gasteiger partial charge in [0, 0.05) is 0 Å². The van der Waals surface area contributed by atoms with E-state index in [-0.39, 0.29) is 7.04 Å². The van der Waals surface area contributed by atoms with Gasteiger partial charge in [-0.2, -0.15) is 0 Å². The summed E-state index contributed by atoms with van der Waals surface area (Å²) in [4.78, 5) is 0. The molecule has 0 saturated heterocycles. The number of hydrogen-bond acceptors (Lipinski definition) is 3. The van der Waals surface area contributed by atoms with Crippen molar-refractivity contribution in [2.75, 3.05) is 0 Å². The van der Waals surface area contributed by atoms with Gasteiger partial charge in [-0.05, 0) is 0 Å². The quantitative estimate of drug-likeness (QED) is 0.352. The van der Waals surface area contributed by atoms with Crippen LogP contribution in [0.3, 0.4) is 0 Å². The Kier molecular flexibility index (Phi) is 2.05. The molecule has 0 aliphatic heterocycles. The summed E-state index contributed by atoms with van der Waals surface area (Å²) in [7, 11) is -1.77. The first-order chi connectivity index (χ1) is 2.27. The average molecular weight is 71.6 g/mol. The van der Waals surface area contributed by atoms with Crippen LogP contribution in [-0.4, -0.2) is 24.1 Å². The van der Waals surface area contributed by atoms with Gasteiger partial charge in [0.15, 0.2) is 0 Å². The van der Waals surface area contributed by atoms with E-state index in [1.165, 1.54) is 0 Å². The average Bonchev–Trinajstić information content (AvgIpc) is 1.38. The molecular weight excluding hydrogens is 69.6 g/mol. The zero-order valence-corrected chi connectivity index (χ0v) is 2.46. The molecule has 5 heteroatoms. The molecule has 0 aromatic heterocycles. The molecule has 0 aromatic carbocycles. The summed E-state index contributed by atoms with van der Waals surface area (Å²) in [6, 6.07) is 0. The first-order valence-electron chi connectivity index (χ1n) is 1.09. The SMILES string of the molecule is O=BB(O)O. The fourth-order valence-electron chi connectivity index (χ4n) is 0. The van der Waals surface area contributed by atoms with Crippen molar-refractivity contribution in [2.24, 2.45) is 0 Å². The second-order valence-electron chi connectivity index (χ2n) is 0.550. The van der Waals surface area contributed by atoms with E-state index in [2.05, 4.69) is 0 Å². The Labute approximate surface area is 30.0 Å². The van der Waals surface area contributed by atoms with Gasteiger partial charge >= 0.3 is 28.8 Å². The molecule has 0 atom stereocenters. The first kappa shape index (κ1) is 4.85. The molecule has 26 valence electrons. The van der Waals surface area contributed by atoms with Crippen molar-refractivity contribution < 1.29 is 14.8 Å². The summed E-state index contributed by atoms with van der Waals surface area (Å²) in [6.45, 7) is 0. The molecule has 3 nitrogen and oxygen atoms in total. The van der Waals surface area contributed by atoms with Gasteiger partial charge < -0.3 is 0 Å². The van der Waals surface area contributed by atoms with Crippen LogP contribution >= 0.6 is 0 Å². The Morgan fingerprint density at radius 3 is 1.80 bits per heavy atom. The molecular formula is H2B2O3. The van der Waals surface area contributed by atoms with Gasteiger partial charge in [-0.15, -0.1) is 0 Å². The van der Waals surface area contributed by atoms with E-state index in [4.69, 9.17) is 14.8 Å². The maximum atomic E-state index is 9.00. The maximum absolute atomic E-state index is 9.00.